The van der Waals surface area contributed by atoms with Crippen LogP contribution in [0.15, 0.2) is 66.2 Å². The van der Waals surface area contributed by atoms with Gasteiger partial charge in [0.25, 0.3) is 0 Å². The van der Waals surface area contributed by atoms with Gasteiger partial charge in [0.15, 0.2) is 5.41 Å². The monoisotopic (exact) mass is 383 g/mol. The molecule has 3 rings (SSSR count). The summed E-state index contributed by atoms with van der Waals surface area (Å²) in [4.78, 5) is 25.5. The van der Waals surface area contributed by atoms with E-state index in [2.05, 4.69) is 5.32 Å². The fourth-order valence-electron chi connectivity index (χ4n) is 3.67. The molecule has 0 saturated carbocycles. The van der Waals surface area contributed by atoms with Gasteiger partial charge in [-0.2, -0.15) is 0 Å². The van der Waals surface area contributed by atoms with E-state index < -0.39 is 23.2 Å². The highest BCUT2D eigenvalue weighted by atomic mass is 35.5. The molecule has 4 nitrogen and oxygen atoms in total. The molecule has 0 saturated heterocycles. The first-order valence-electron chi connectivity index (χ1n) is 8.90. The van der Waals surface area contributed by atoms with E-state index in [1.165, 1.54) is 0 Å². The SMILES string of the molecule is CC1=CC[C@](C(=O)O)(C(=O)NCc2ccccc2)[C@@H](c2ccc(Cl)cc2)C1. The zero-order valence-corrected chi connectivity index (χ0v) is 15.9. The fraction of sp³-hybridized carbons (Fsp3) is 0.273. The van der Waals surface area contributed by atoms with Gasteiger partial charge in [0.2, 0.25) is 5.91 Å². The van der Waals surface area contributed by atoms with Crippen LogP contribution in [0.4, 0.5) is 0 Å². The van der Waals surface area contributed by atoms with Crippen molar-refractivity contribution in [2.45, 2.75) is 32.2 Å². The maximum absolute atomic E-state index is 13.1. The summed E-state index contributed by atoms with van der Waals surface area (Å²) < 4.78 is 0. The van der Waals surface area contributed by atoms with Gasteiger partial charge < -0.3 is 10.4 Å². The summed E-state index contributed by atoms with van der Waals surface area (Å²) in [5, 5.41) is 13.5. The number of hydrogen-bond acceptors (Lipinski definition) is 2. The molecule has 0 unspecified atom stereocenters. The van der Waals surface area contributed by atoms with Crippen molar-refractivity contribution >= 4 is 23.5 Å². The van der Waals surface area contributed by atoms with Crippen LogP contribution < -0.4 is 5.32 Å². The predicted molar refractivity (Wildman–Crippen MR) is 106 cm³/mol. The van der Waals surface area contributed by atoms with E-state index in [4.69, 9.17) is 11.6 Å². The van der Waals surface area contributed by atoms with Crippen LogP contribution >= 0.6 is 11.6 Å². The minimum atomic E-state index is -1.54. The number of hydrogen-bond donors (Lipinski definition) is 2. The molecule has 0 bridgehead atoms. The molecule has 0 aromatic heterocycles. The largest absolute Gasteiger partial charge is 0.480 e. The van der Waals surface area contributed by atoms with Crippen molar-refractivity contribution in [3.8, 4) is 0 Å². The first kappa shape index (κ1) is 19.2. The number of nitrogens with one attached hydrogen (secondary N) is 1. The smallest absolute Gasteiger partial charge is 0.320 e. The Labute approximate surface area is 163 Å². The van der Waals surface area contributed by atoms with Gasteiger partial charge in [-0.15, -0.1) is 0 Å². The number of benzene rings is 2. The molecular weight excluding hydrogens is 362 g/mol. The highest BCUT2D eigenvalue weighted by molar-refractivity contribution is 6.30. The van der Waals surface area contributed by atoms with Gasteiger partial charge in [-0.05, 0) is 43.0 Å². The van der Waals surface area contributed by atoms with Gasteiger partial charge in [-0.1, -0.05) is 65.7 Å². The van der Waals surface area contributed by atoms with E-state index in [0.717, 1.165) is 16.7 Å². The molecule has 0 fully saturated rings. The number of amides is 1. The number of carbonyl (C=O) groups excluding carboxylic acids is 1. The maximum atomic E-state index is 13.1. The number of allylic oxidation sites excluding steroid dienone is 2. The Hall–Kier alpha value is -2.59. The number of aliphatic carboxylic acids is 1. The second-order valence-electron chi connectivity index (χ2n) is 7.01. The van der Waals surface area contributed by atoms with E-state index in [1.807, 2.05) is 55.5 Å². The Morgan fingerprint density at radius 2 is 1.81 bits per heavy atom. The number of carbonyl (C=O) groups is 2. The van der Waals surface area contributed by atoms with Gasteiger partial charge in [0, 0.05) is 17.5 Å². The lowest BCUT2D eigenvalue weighted by Gasteiger charge is -2.39. The van der Waals surface area contributed by atoms with Crippen LogP contribution in [0.3, 0.4) is 0 Å². The summed E-state index contributed by atoms with van der Waals surface area (Å²) in [6.45, 7) is 2.27. The first-order chi connectivity index (χ1) is 12.9. The molecule has 2 atom stereocenters. The van der Waals surface area contributed by atoms with Crippen molar-refractivity contribution in [3.63, 3.8) is 0 Å². The second-order valence-corrected chi connectivity index (χ2v) is 7.44. The minimum absolute atomic E-state index is 0.169. The molecule has 1 aliphatic rings. The van der Waals surface area contributed by atoms with Crippen LogP contribution in [0.25, 0.3) is 0 Å². The molecule has 0 spiro atoms. The van der Waals surface area contributed by atoms with Crippen molar-refractivity contribution in [3.05, 3.63) is 82.4 Å². The average Bonchev–Trinajstić information content (AvgIpc) is 2.67. The van der Waals surface area contributed by atoms with Crippen LogP contribution in [-0.4, -0.2) is 17.0 Å². The highest BCUT2D eigenvalue weighted by Crippen LogP contribution is 2.47. The number of halogens is 1. The average molecular weight is 384 g/mol. The van der Waals surface area contributed by atoms with Crippen LogP contribution in [0.1, 0.15) is 36.8 Å². The van der Waals surface area contributed by atoms with Crippen molar-refractivity contribution < 1.29 is 14.7 Å². The van der Waals surface area contributed by atoms with E-state index in [-0.39, 0.29) is 6.42 Å². The van der Waals surface area contributed by atoms with Crippen molar-refractivity contribution in [1.29, 1.82) is 0 Å². The van der Waals surface area contributed by atoms with Gasteiger partial charge in [-0.25, -0.2) is 0 Å². The zero-order valence-electron chi connectivity index (χ0n) is 15.1. The van der Waals surface area contributed by atoms with Crippen LogP contribution in [0.2, 0.25) is 5.02 Å². The summed E-state index contributed by atoms with van der Waals surface area (Å²) in [7, 11) is 0. The molecule has 2 aromatic carbocycles. The Balaban J connectivity index is 1.94. The van der Waals surface area contributed by atoms with Crippen molar-refractivity contribution in [2.75, 3.05) is 0 Å². The minimum Gasteiger partial charge on any atom is -0.480 e. The van der Waals surface area contributed by atoms with Crippen LogP contribution in [0, 0.1) is 5.41 Å². The third-order valence-corrected chi connectivity index (χ3v) is 5.50. The molecule has 0 heterocycles. The Kier molecular flexibility index (Phi) is 5.66. The van der Waals surface area contributed by atoms with E-state index in [1.54, 1.807) is 12.1 Å². The molecule has 1 amide bonds. The first-order valence-corrected chi connectivity index (χ1v) is 9.28. The van der Waals surface area contributed by atoms with Crippen LogP contribution in [0.5, 0.6) is 0 Å². The fourth-order valence-corrected chi connectivity index (χ4v) is 3.80. The van der Waals surface area contributed by atoms with Gasteiger partial charge >= 0.3 is 5.97 Å². The molecule has 2 aromatic rings. The van der Waals surface area contributed by atoms with Gasteiger partial charge in [0.05, 0.1) is 0 Å². The standard InChI is InChI=1S/C22H22ClNO3/c1-15-11-12-22(21(26)27,19(13-15)17-7-9-18(23)10-8-17)20(25)24-14-16-5-3-2-4-6-16/h2-11,19H,12-14H2,1H3,(H,24,25)(H,26,27)/t19-,22-/m1/s1. The Morgan fingerprint density at radius 3 is 2.44 bits per heavy atom. The molecule has 140 valence electrons. The van der Waals surface area contributed by atoms with Crippen LogP contribution in [-0.2, 0) is 16.1 Å². The molecule has 0 aliphatic heterocycles. The third kappa shape index (κ3) is 3.91. The lowest BCUT2D eigenvalue weighted by molar-refractivity contribution is -0.158. The normalized spacial score (nSPS) is 22.0. The lowest BCUT2D eigenvalue weighted by atomic mass is 9.63. The summed E-state index contributed by atoms with van der Waals surface area (Å²) in [6.07, 6.45) is 2.55. The van der Waals surface area contributed by atoms with Crippen molar-refractivity contribution in [1.82, 2.24) is 5.32 Å². The molecule has 5 heteroatoms. The van der Waals surface area contributed by atoms with E-state index >= 15 is 0 Å². The third-order valence-electron chi connectivity index (χ3n) is 5.25. The Bertz CT molecular complexity index is 861. The quantitative estimate of drug-likeness (QED) is 0.588. The number of rotatable bonds is 5. The maximum Gasteiger partial charge on any atom is 0.320 e. The molecular formula is C22H22ClNO3. The summed E-state index contributed by atoms with van der Waals surface area (Å²) in [6, 6.07) is 16.6. The van der Waals surface area contributed by atoms with E-state index in [9.17, 15) is 14.7 Å². The summed E-state index contributed by atoms with van der Waals surface area (Å²) in [5.41, 5.74) is 1.28. The zero-order chi connectivity index (χ0) is 19.4. The lowest BCUT2D eigenvalue weighted by Crippen LogP contribution is -2.51. The highest BCUT2D eigenvalue weighted by Gasteiger charge is 2.53. The van der Waals surface area contributed by atoms with Crippen molar-refractivity contribution in [2.24, 2.45) is 5.41 Å². The van der Waals surface area contributed by atoms with E-state index in [0.29, 0.717) is 18.0 Å². The van der Waals surface area contributed by atoms with Gasteiger partial charge in [0.1, 0.15) is 0 Å². The molecule has 1 aliphatic carbocycles. The predicted octanol–water partition coefficient (Wildman–Crippen LogP) is 4.55. The summed E-state index contributed by atoms with van der Waals surface area (Å²) >= 11 is 5.99. The van der Waals surface area contributed by atoms with Gasteiger partial charge in [-0.3, -0.25) is 9.59 Å². The molecule has 27 heavy (non-hydrogen) atoms. The Morgan fingerprint density at radius 1 is 1.15 bits per heavy atom. The number of carboxylic acids is 1. The molecule has 0 radical (unpaired) electrons. The second kappa shape index (κ2) is 7.97. The number of carboxylic acid groups (broad SMARTS) is 1. The topological polar surface area (TPSA) is 66.4 Å². The molecule has 2 N–H and O–H groups in total. The summed E-state index contributed by atoms with van der Waals surface area (Å²) in [5.74, 6) is -2.01.